The normalized spacial score (nSPS) is 10.4. The summed E-state index contributed by atoms with van der Waals surface area (Å²) in [5.41, 5.74) is 6.74. The lowest BCUT2D eigenvalue weighted by Crippen LogP contribution is -1.91. The van der Waals surface area contributed by atoms with E-state index in [1.54, 1.807) is 0 Å². The maximum Gasteiger partial charge on any atom is 0.0285 e. The summed E-state index contributed by atoms with van der Waals surface area (Å²) in [7, 11) is 0. The second-order valence-electron chi connectivity index (χ2n) is 4.04. The second-order valence-corrected chi connectivity index (χ2v) is 4.60. The molecular weight excluding hydrogens is 260 g/mol. The molecule has 0 fully saturated rings. The maximum absolute atomic E-state index is 3.53. The van der Waals surface area contributed by atoms with Crippen molar-refractivity contribution in [1.82, 2.24) is 0 Å². The Morgan fingerprint density at radius 2 is 1.56 bits per heavy atom. The highest BCUT2D eigenvalue weighted by Gasteiger charge is 2.06. The molecule has 2 aromatic rings. The van der Waals surface area contributed by atoms with Gasteiger partial charge < -0.3 is 0 Å². The first-order valence-corrected chi connectivity index (χ1v) is 6.56. The predicted octanol–water partition coefficient (Wildman–Crippen LogP) is 4.87. The lowest BCUT2D eigenvalue weighted by Gasteiger charge is -2.11. The number of aryl methyl sites for hydroxylation is 1. The zero-order valence-electron chi connectivity index (χ0n) is 9.63. The fraction of sp³-hybridized carbons (Fsp3) is 0.200. The standard InChI is InChI=1S/C15H15Br/c1-11-6-3-4-8-14(11)15-9-5-7-13(10-16)12(15)2/h3-9H,10H2,1-2H3. The van der Waals surface area contributed by atoms with E-state index in [2.05, 4.69) is 72.2 Å². The highest BCUT2D eigenvalue weighted by Crippen LogP contribution is 2.28. The number of hydrogen-bond donors (Lipinski definition) is 0. The van der Waals surface area contributed by atoms with Gasteiger partial charge in [0, 0.05) is 5.33 Å². The summed E-state index contributed by atoms with van der Waals surface area (Å²) in [6.07, 6.45) is 0. The van der Waals surface area contributed by atoms with E-state index in [9.17, 15) is 0 Å². The van der Waals surface area contributed by atoms with E-state index in [4.69, 9.17) is 0 Å². The largest absolute Gasteiger partial charge is 0.0876 e. The molecule has 0 unspecified atom stereocenters. The van der Waals surface area contributed by atoms with E-state index in [0.717, 1.165) is 5.33 Å². The molecule has 0 spiro atoms. The number of benzene rings is 2. The third-order valence-electron chi connectivity index (χ3n) is 3.03. The van der Waals surface area contributed by atoms with Gasteiger partial charge in [0.05, 0.1) is 0 Å². The molecule has 0 aromatic heterocycles. The summed E-state index contributed by atoms with van der Waals surface area (Å²) in [5.74, 6) is 0. The van der Waals surface area contributed by atoms with E-state index < -0.39 is 0 Å². The third-order valence-corrected chi connectivity index (χ3v) is 3.63. The average molecular weight is 275 g/mol. The van der Waals surface area contributed by atoms with Crippen molar-refractivity contribution < 1.29 is 0 Å². The molecule has 0 aliphatic carbocycles. The molecule has 0 amide bonds. The van der Waals surface area contributed by atoms with Gasteiger partial charge in [-0.3, -0.25) is 0 Å². The highest BCUT2D eigenvalue weighted by atomic mass is 79.9. The van der Waals surface area contributed by atoms with Gasteiger partial charge in [-0.15, -0.1) is 0 Å². The first-order chi connectivity index (χ1) is 7.74. The molecule has 2 rings (SSSR count). The molecule has 2 aromatic carbocycles. The Hall–Kier alpha value is -1.08. The quantitative estimate of drug-likeness (QED) is 0.686. The van der Waals surface area contributed by atoms with Crippen molar-refractivity contribution >= 4 is 15.9 Å². The summed E-state index contributed by atoms with van der Waals surface area (Å²) in [4.78, 5) is 0. The Labute approximate surface area is 105 Å². The molecule has 0 saturated carbocycles. The molecule has 0 aliphatic heterocycles. The monoisotopic (exact) mass is 274 g/mol. The van der Waals surface area contributed by atoms with E-state index in [0.29, 0.717) is 0 Å². The van der Waals surface area contributed by atoms with Crippen LogP contribution in [0.2, 0.25) is 0 Å². The number of halogens is 1. The summed E-state index contributed by atoms with van der Waals surface area (Å²) in [6.45, 7) is 4.36. The minimum absolute atomic E-state index is 0.915. The van der Waals surface area contributed by atoms with Crippen LogP contribution in [0.5, 0.6) is 0 Å². The average Bonchev–Trinajstić information content (AvgIpc) is 2.31. The number of hydrogen-bond acceptors (Lipinski definition) is 0. The maximum atomic E-state index is 3.53. The van der Waals surface area contributed by atoms with Crippen LogP contribution in [-0.4, -0.2) is 0 Å². The first-order valence-electron chi connectivity index (χ1n) is 5.44. The molecule has 0 saturated heterocycles. The van der Waals surface area contributed by atoms with Crippen molar-refractivity contribution in [3.63, 3.8) is 0 Å². The zero-order chi connectivity index (χ0) is 11.5. The molecular formula is C15H15Br. The fourth-order valence-electron chi connectivity index (χ4n) is 2.00. The second kappa shape index (κ2) is 4.84. The van der Waals surface area contributed by atoms with E-state index >= 15 is 0 Å². The highest BCUT2D eigenvalue weighted by molar-refractivity contribution is 9.08. The fourth-order valence-corrected chi connectivity index (χ4v) is 2.60. The van der Waals surface area contributed by atoms with Crippen molar-refractivity contribution in [3.05, 3.63) is 59.2 Å². The minimum Gasteiger partial charge on any atom is -0.0876 e. The van der Waals surface area contributed by atoms with Gasteiger partial charge in [0.25, 0.3) is 0 Å². The van der Waals surface area contributed by atoms with Gasteiger partial charge in [0.15, 0.2) is 0 Å². The lowest BCUT2D eigenvalue weighted by molar-refractivity contribution is 1.31. The summed E-state index contributed by atoms with van der Waals surface area (Å²) in [6, 6.07) is 15.0. The van der Waals surface area contributed by atoms with E-state index in [-0.39, 0.29) is 0 Å². The Kier molecular flexibility index (Phi) is 3.45. The van der Waals surface area contributed by atoms with Crippen LogP contribution in [0.1, 0.15) is 16.7 Å². The van der Waals surface area contributed by atoms with Gasteiger partial charge in [-0.25, -0.2) is 0 Å². The van der Waals surface area contributed by atoms with Gasteiger partial charge in [-0.2, -0.15) is 0 Å². The molecule has 0 aliphatic rings. The molecule has 0 bridgehead atoms. The molecule has 0 atom stereocenters. The van der Waals surface area contributed by atoms with Crippen molar-refractivity contribution in [3.8, 4) is 11.1 Å². The van der Waals surface area contributed by atoms with Gasteiger partial charge >= 0.3 is 0 Å². The smallest absolute Gasteiger partial charge is 0.0285 e. The van der Waals surface area contributed by atoms with Crippen LogP contribution in [-0.2, 0) is 5.33 Å². The molecule has 0 nitrogen and oxygen atoms in total. The molecule has 16 heavy (non-hydrogen) atoms. The molecule has 0 radical (unpaired) electrons. The van der Waals surface area contributed by atoms with Gasteiger partial charge in [-0.05, 0) is 41.7 Å². The molecule has 1 heteroatoms. The summed E-state index contributed by atoms with van der Waals surface area (Å²) < 4.78 is 0. The van der Waals surface area contributed by atoms with Gasteiger partial charge in [-0.1, -0.05) is 58.4 Å². The summed E-state index contributed by atoms with van der Waals surface area (Å²) in [5, 5.41) is 0.915. The third kappa shape index (κ3) is 2.05. The van der Waals surface area contributed by atoms with Gasteiger partial charge in [0.1, 0.15) is 0 Å². The molecule has 0 heterocycles. The van der Waals surface area contributed by atoms with Crippen LogP contribution in [0.3, 0.4) is 0 Å². The first kappa shape index (κ1) is 11.4. The predicted molar refractivity (Wildman–Crippen MR) is 74.0 cm³/mol. The Bertz CT molecular complexity index is 501. The van der Waals surface area contributed by atoms with Crippen molar-refractivity contribution in [2.75, 3.05) is 0 Å². The van der Waals surface area contributed by atoms with Crippen molar-refractivity contribution in [2.24, 2.45) is 0 Å². The van der Waals surface area contributed by atoms with Crippen LogP contribution in [0, 0.1) is 13.8 Å². The lowest BCUT2D eigenvalue weighted by atomic mass is 9.94. The summed E-state index contributed by atoms with van der Waals surface area (Å²) >= 11 is 3.53. The minimum atomic E-state index is 0.915. The Morgan fingerprint density at radius 1 is 0.875 bits per heavy atom. The van der Waals surface area contributed by atoms with Crippen molar-refractivity contribution in [2.45, 2.75) is 19.2 Å². The van der Waals surface area contributed by atoms with Gasteiger partial charge in [0.2, 0.25) is 0 Å². The number of alkyl halides is 1. The zero-order valence-corrected chi connectivity index (χ0v) is 11.2. The van der Waals surface area contributed by atoms with Crippen LogP contribution in [0.25, 0.3) is 11.1 Å². The topological polar surface area (TPSA) is 0 Å². The van der Waals surface area contributed by atoms with E-state index in [1.165, 1.54) is 27.8 Å². The molecule has 82 valence electrons. The SMILES string of the molecule is Cc1ccccc1-c1cccc(CBr)c1C. The van der Waals surface area contributed by atoms with Crippen LogP contribution in [0.4, 0.5) is 0 Å². The Morgan fingerprint density at radius 3 is 2.25 bits per heavy atom. The van der Waals surface area contributed by atoms with Crippen LogP contribution >= 0.6 is 15.9 Å². The van der Waals surface area contributed by atoms with Crippen LogP contribution < -0.4 is 0 Å². The molecule has 0 N–H and O–H groups in total. The van der Waals surface area contributed by atoms with Crippen LogP contribution in [0.15, 0.2) is 42.5 Å². The van der Waals surface area contributed by atoms with Crippen molar-refractivity contribution in [1.29, 1.82) is 0 Å². The Balaban J connectivity index is 2.61. The number of rotatable bonds is 2. The van der Waals surface area contributed by atoms with E-state index in [1.807, 2.05) is 0 Å².